The van der Waals surface area contributed by atoms with E-state index in [0.717, 1.165) is 61.6 Å². The summed E-state index contributed by atoms with van der Waals surface area (Å²) >= 11 is 0. The molecule has 0 saturated heterocycles. The van der Waals surface area contributed by atoms with Gasteiger partial charge >= 0.3 is 7.12 Å². The minimum Gasteiger partial charge on any atom is -0.519 e. The highest BCUT2D eigenvalue weighted by Crippen LogP contribution is 2.41. The molecule has 3 heterocycles. The Kier molecular flexibility index (Phi) is 9.77. The molecule has 0 radical (unpaired) electrons. The van der Waals surface area contributed by atoms with Crippen molar-refractivity contribution in [2.75, 3.05) is 0 Å². The zero-order valence-electron chi connectivity index (χ0n) is 31.6. The smallest absolute Gasteiger partial charge is 0.519 e. The summed E-state index contributed by atoms with van der Waals surface area (Å²) in [6, 6.07) is 60.9. The highest BCUT2D eigenvalue weighted by Gasteiger charge is 2.41. The summed E-state index contributed by atoms with van der Waals surface area (Å²) in [5, 5.41) is 21.8. The Bertz CT molecular complexity index is 2460. The van der Waals surface area contributed by atoms with Crippen LogP contribution in [0.2, 0.25) is 0 Å². The monoisotopic (exact) mass is 742 g/mol. The zero-order valence-corrected chi connectivity index (χ0v) is 31.6. The van der Waals surface area contributed by atoms with Gasteiger partial charge in [-0.15, -0.1) is 0 Å². The van der Waals surface area contributed by atoms with Gasteiger partial charge < -0.3 is 9.31 Å². The third-order valence-electron chi connectivity index (χ3n) is 9.88. The van der Waals surface area contributed by atoms with Crippen molar-refractivity contribution in [2.24, 2.45) is 0 Å². The summed E-state index contributed by atoms with van der Waals surface area (Å²) < 4.78 is 17.0. The number of hydrogen-bond acceptors (Lipinski definition) is 5. The van der Waals surface area contributed by atoms with Crippen molar-refractivity contribution < 1.29 is 9.31 Å². The summed E-state index contributed by atoms with van der Waals surface area (Å²) in [6.45, 7) is 4.28. The van der Waals surface area contributed by atoms with Crippen LogP contribution in [-0.2, 0) is 0 Å². The SMILES string of the molecule is CC(C)n1nc(-c2ccccc2)c(B(Oc2c(-c3ccccc3)n[nH]c2-c2ccccc2)Oc2c(-c3ccccc3)n[nH]c2-c2ccccc2)c1-c1ccccc1. The molecule has 0 unspecified atom stereocenters. The van der Waals surface area contributed by atoms with Crippen LogP contribution in [0.5, 0.6) is 11.5 Å². The molecule has 3 aromatic heterocycles. The summed E-state index contributed by atoms with van der Waals surface area (Å²) in [4.78, 5) is 0. The summed E-state index contributed by atoms with van der Waals surface area (Å²) in [7, 11) is -1.08. The Morgan fingerprint density at radius 3 is 1.14 bits per heavy atom. The Morgan fingerprint density at radius 2 is 0.772 bits per heavy atom. The molecule has 9 heteroatoms. The van der Waals surface area contributed by atoms with Crippen molar-refractivity contribution in [1.29, 1.82) is 0 Å². The van der Waals surface area contributed by atoms with Gasteiger partial charge in [-0.1, -0.05) is 182 Å². The molecule has 0 aliphatic rings. The Balaban J connectivity index is 1.35. The maximum absolute atomic E-state index is 7.47. The standard InChI is InChI=1S/C48H39BN6O2/c1-33(2)55-46(39-31-19-8-20-32-39)40(41(54-55)34-21-9-3-10-22-34)49(56-47-42(35-23-11-4-12-24-35)50-51-43(47)36-25-13-5-14-26-36)57-48-44(37-27-15-6-16-28-37)52-53-45(48)38-29-17-7-18-30-38/h3-33H,1-2H3,(H,50,51)(H,52,53). The van der Waals surface area contributed by atoms with E-state index in [9.17, 15) is 0 Å². The van der Waals surface area contributed by atoms with Gasteiger partial charge in [0.1, 0.15) is 22.8 Å². The minimum absolute atomic E-state index is 0.000521. The van der Waals surface area contributed by atoms with Crippen LogP contribution in [0.25, 0.3) is 67.5 Å². The first-order valence-electron chi connectivity index (χ1n) is 19.1. The molecule has 9 aromatic rings. The van der Waals surface area contributed by atoms with Crippen LogP contribution < -0.4 is 14.8 Å². The number of nitrogens with one attached hydrogen (secondary N) is 2. The lowest BCUT2D eigenvalue weighted by Gasteiger charge is -2.21. The van der Waals surface area contributed by atoms with Crippen LogP contribution in [0.15, 0.2) is 182 Å². The van der Waals surface area contributed by atoms with Gasteiger partial charge in [0, 0.05) is 33.9 Å². The zero-order chi connectivity index (χ0) is 38.6. The van der Waals surface area contributed by atoms with Crippen molar-refractivity contribution in [2.45, 2.75) is 19.9 Å². The van der Waals surface area contributed by atoms with Gasteiger partial charge in [-0.05, 0) is 19.4 Å². The second kappa shape index (κ2) is 15.8. The average molecular weight is 743 g/mol. The van der Waals surface area contributed by atoms with Crippen molar-refractivity contribution in [1.82, 2.24) is 30.2 Å². The summed E-state index contributed by atoms with van der Waals surface area (Å²) in [5.74, 6) is 1.08. The van der Waals surface area contributed by atoms with E-state index in [1.807, 2.05) is 158 Å². The van der Waals surface area contributed by atoms with E-state index in [1.165, 1.54) is 0 Å². The number of H-pyrrole nitrogens is 2. The van der Waals surface area contributed by atoms with Crippen molar-refractivity contribution in [3.05, 3.63) is 182 Å². The fraction of sp³-hybridized carbons (Fsp3) is 0.0625. The summed E-state index contributed by atoms with van der Waals surface area (Å²) in [5.41, 5.74) is 10.7. The number of benzene rings is 6. The first-order valence-corrected chi connectivity index (χ1v) is 19.1. The van der Waals surface area contributed by atoms with Gasteiger partial charge in [0.15, 0.2) is 11.5 Å². The highest BCUT2D eigenvalue weighted by molar-refractivity contribution is 6.66. The lowest BCUT2D eigenvalue weighted by Crippen LogP contribution is -2.44. The molecule has 0 atom stereocenters. The number of aromatic amines is 2. The first kappa shape index (κ1) is 35.3. The molecule has 0 spiro atoms. The fourth-order valence-electron chi connectivity index (χ4n) is 7.17. The molecule has 9 rings (SSSR count). The largest absolute Gasteiger partial charge is 0.637 e. The number of rotatable bonds is 12. The van der Waals surface area contributed by atoms with Crippen LogP contribution >= 0.6 is 0 Å². The second-order valence-corrected chi connectivity index (χ2v) is 14.0. The predicted molar refractivity (Wildman–Crippen MR) is 229 cm³/mol. The quantitative estimate of drug-likeness (QED) is 0.122. The van der Waals surface area contributed by atoms with Gasteiger partial charge in [-0.2, -0.15) is 15.3 Å². The molecular formula is C48H39BN6O2. The average Bonchev–Trinajstić information content (AvgIpc) is 4.01. The van der Waals surface area contributed by atoms with E-state index in [4.69, 9.17) is 24.6 Å². The van der Waals surface area contributed by atoms with E-state index in [-0.39, 0.29) is 6.04 Å². The second-order valence-electron chi connectivity index (χ2n) is 14.0. The summed E-state index contributed by atoms with van der Waals surface area (Å²) in [6.07, 6.45) is 0. The molecular weight excluding hydrogens is 703 g/mol. The van der Waals surface area contributed by atoms with Crippen molar-refractivity contribution in [3.8, 4) is 79.0 Å². The molecule has 0 aliphatic heterocycles. The van der Waals surface area contributed by atoms with Crippen LogP contribution in [0, 0.1) is 0 Å². The molecule has 2 N–H and O–H groups in total. The van der Waals surface area contributed by atoms with E-state index in [2.05, 4.69) is 53.0 Å². The third kappa shape index (κ3) is 7.03. The molecule has 0 aliphatic carbocycles. The lowest BCUT2D eigenvalue weighted by molar-refractivity contribution is 0.443. The number of nitrogens with zero attached hydrogens (tertiary/aromatic N) is 4. The lowest BCUT2D eigenvalue weighted by atomic mass is 9.73. The van der Waals surface area contributed by atoms with Gasteiger partial charge in [-0.3, -0.25) is 14.9 Å². The van der Waals surface area contributed by atoms with E-state index in [0.29, 0.717) is 22.9 Å². The van der Waals surface area contributed by atoms with Gasteiger partial charge in [0.05, 0.1) is 16.9 Å². The third-order valence-corrected chi connectivity index (χ3v) is 9.88. The van der Waals surface area contributed by atoms with E-state index < -0.39 is 7.12 Å². The fourth-order valence-corrected chi connectivity index (χ4v) is 7.17. The molecule has 8 nitrogen and oxygen atoms in total. The van der Waals surface area contributed by atoms with Gasteiger partial charge in [0.2, 0.25) is 0 Å². The van der Waals surface area contributed by atoms with Crippen LogP contribution in [0.1, 0.15) is 19.9 Å². The molecule has 0 fully saturated rings. The van der Waals surface area contributed by atoms with Crippen molar-refractivity contribution in [3.63, 3.8) is 0 Å². The van der Waals surface area contributed by atoms with Gasteiger partial charge in [-0.25, -0.2) is 0 Å². The molecule has 0 bridgehead atoms. The van der Waals surface area contributed by atoms with Crippen LogP contribution in [-0.4, -0.2) is 37.3 Å². The van der Waals surface area contributed by atoms with Crippen LogP contribution in [0.3, 0.4) is 0 Å². The Morgan fingerprint density at radius 1 is 0.439 bits per heavy atom. The number of hydrogen-bond donors (Lipinski definition) is 2. The highest BCUT2D eigenvalue weighted by atomic mass is 16.6. The van der Waals surface area contributed by atoms with Gasteiger partial charge in [0.25, 0.3) is 0 Å². The molecule has 0 saturated carbocycles. The Labute approximate surface area is 332 Å². The molecule has 57 heavy (non-hydrogen) atoms. The minimum atomic E-state index is -1.08. The predicted octanol–water partition coefficient (Wildman–Crippen LogP) is 10.8. The first-order chi connectivity index (χ1) is 28.1. The van der Waals surface area contributed by atoms with E-state index in [1.54, 1.807) is 0 Å². The maximum Gasteiger partial charge on any atom is 0.637 e. The molecule has 0 amide bonds. The van der Waals surface area contributed by atoms with Crippen molar-refractivity contribution >= 4 is 12.6 Å². The molecule has 6 aromatic carbocycles. The number of aromatic nitrogens is 6. The van der Waals surface area contributed by atoms with Crippen LogP contribution in [0.4, 0.5) is 0 Å². The Hall–Kier alpha value is -7.39. The topological polar surface area (TPSA) is 93.6 Å². The molecule has 276 valence electrons. The maximum atomic E-state index is 7.47. The normalized spacial score (nSPS) is 11.1. The van der Waals surface area contributed by atoms with E-state index >= 15 is 0 Å².